The largest absolute Gasteiger partial charge is 0.467 e. The number of methoxy groups -OCH3 is 2. The minimum Gasteiger partial charge on any atom is -0.467 e. The summed E-state index contributed by atoms with van der Waals surface area (Å²) < 4.78 is 9.26. The van der Waals surface area contributed by atoms with Crippen molar-refractivity contribution in [3.63, 3.8) is 0 Å². The lowest BCUT2D eigenvalue weighted by molar-refractivity contribution is -0.143. The standard InChI is InChI=1S/C15H20N2O5/c1-9(2)12(14(19)22-4)17-15(20)16-11-7-5-6-10(8-11)13(18)21-3/h5-9,12H,1-4H3,(H2,16,17,20). The minimum absolute atomic E-state index is 0.125. The van der Waals surface area contributed by atoms with E-state index in [1.165, 1.54) is 20.3 Å². The molecule has 7 nitrogen and oxygen atoms in total. The highest BCUT2D eigenvalue weighted by atomic mass is 16.5. The fraction of sp³-hybridized carbons (Fsp3) is 0.400. The molecule has 1 aromatic rings. The average molecular weight is 308 g/mol. The molecule has 2 N–H and O–H groups in total. The summed E-state index contributed by atoms with van der Waals surface area (Å²) in [5.41, 5.74) is 0.724. The van der Waals surface area contributed by atoms with Crippen molar-refractivity contribution in [2.45, 2.75) is 19.9 Å². The molecule has 0 saturated heterocycles. The number of hydrogen-bond donors (Lipinski definition) is 2. The van der Waals surface area contributed by atoms with Crippen LogP contribution in [0.4, 0.5) is 10.5 Å². The van der Waals surface area contributed by atoms with Gasteiger partial charge in [0.1, 0.15) is 6.04 Å². The number of hydrogen-bond acceptors (Lipinski definition) is 5. The molecule has 0 spiro atoms. The van der Waals surface area contributed by atoms with Gasteiger partial charge in [0.2, 0.25) is 0 Å². The van der Waals surface area contributed by atoms with Crippen LogP contribution in [0.1, 0.15) is 24.2 Å². The summed E-state index contributed by atoms with van der Waals surface area (Å²) in [5, 5.41) is 5.10. The summed E-state index contributed by atoms with van der Waals surface area (Å²) in [6.07, 6.45) is 0. The van der Waals surface area contributed by atoms with E-state index in [0.717, 1.165) is 0 Å². The molecule has 1 aromatic carbocycles. The van der Waals surface area contributed by atoms with Crippen molar-refractivity contribution in [1.29, 1.82) is 0 Å². The predicted octanol–water partition coefficient (Wildman–Crippen LogP) is 1.79. The molecular weight excluding hydrogens is 288 g/mol. The average Bonchev–Trinajstić information content (AvgIpc) is 2.51. The van der Waals surface area contributed by atoms with E-state index in [9.17, 15) is 14.4 Å². The third-order valence-electron chi connectivity index (χ3n) is 2.95. The van der Waals surface area contributed by atoms with Gasteiger partial charge in [0.05, 0.1) is 19.8 Å². The van der Waals surface area contributed by atoms with E-state index in [0.29, 0.717) is 11.3 Å². The van der Waals surface area contributed by atoms with Crippen molar-refractivity contribution >= 4 is 23.7 Å². The van der Waals surface area contributed by atoms with Crippen LogP contribution >= 0.6 is 0 Å². The Labute approximate surface area is 129 Å². The molecule has 22 heavy (non-hydrogen) atoms. The number of urea groups is 1. The van der Waals surface area contributed by atoms with Crippen LogP contribution in [-0.2, 0) is 14.3 Å². The van der Waals surface area contributed by atoms with Crippen molar-refractivity contribution in [3.8, 4) is 0 Å². The minimum atomic E-state index is -0.756. The summed E-state index contributed by atoms with van der Waals surface area (Å²) in [5.74, 6) is -1.15. The molecule has 1 rings (SSSR count). The first-order valence-electron chi connectivity index (χ1n) is 6.72. The van der Waals surface area contributed by atoms with Gasteiger partial charge in [-0.25, -0.2) is 14.4 Å². The van der Waals surface area contributed by atoms with Crippen molar-refractivity contribution < 1.29 is 23.9 Å². The Morgan fingerprint density at radius 2 is 1.77 bits per heavy atom. The van der Waals surface area contributed by atoms with E-state index in [2.05, 4.69) is 20.1 Å². The SMILES string of the molecule is COC(=O)c1cccc(NC(=O)NC(C(=O)OC)C(C)C)c1. The lowest BCUT2D eigenvalue weighted by Crippen LogP contribution is -2.46. The molecule has 0 aliphatic rings. The maximum absolute atomic E-state index is 12.0. The number of nitrogens with one attached hydrogen (secondary N) is 2. The smallest absolute Gasteiger partial charge is 0.337 e. The second-order valence-electron chi connectivity index (χ2n) is 4.92. The number of amides is 2. The zero-order chi connectivity index (χ0) is 16.7. The fourth-order valence-electron chi connectivity index (χ4n) is 1.77. The summed E-state index contributed by atoms with van der Waals surface area (Å²) in [6, 6.07) is 4.96. The van der Waals surface area contributed by atoms with E-state index < -0.39 is 24.0 Å². The Balaban J connectivity index is 2.76. The highest BCUT2D eigenvalue weighted by Gasteiger charge is 2.24. The van der Waals surface area contributed by atoms with Crippen LogP contribution in [0.3, 0.4) is 0 Å². The number of ether oxygens (including phenoxy) is 2. The first-order chi connectivity index (χ1) is 10.4. The molecule has 1 atom stereocenters. The number of rotatable bonds is 5. The third kappa shape index (κ3) is 4.76. The normalized spacial score (nSPS) is 11.5. The Hall–Kier alpha value is -2.57. The van der Waals surface area contributed by atoms with Gasteiger partial charge in [-0.2, -0.15) is 0 Å². The zero-order valence-electron chi connectivity index (χ0n) is 13.0. The van der Waals surface area contributed by atoms with Crippen molar-refractivity contribution in [3.05, 3.63) is 29.8 Å². The monoisotopic (exact) mass is 308 g/mol. The lowest BCUT2D eigenvalue weighted by Gasteiger charge is -2.20. The van der Waals surface area contributed by atoms with Crippen molar-refractivity contribution in [2.75, 3.05) is 19.5 Å². The van der Waals surface area contributed by atoms with E-state index in [4.69, 9.17) is 0 Å². The molecular formula is C15H20N2O5. The highest BCUT2D eigenvalue weighted by Crippen LogP contribution is 2.12. The van der Waals surface area contributed by atoms with E-state index >= 15 is 0 Å². The summed E-state index contributed by atoms with van der Waals surface area (Å²) >= 11 is 0. The summed E-state index contributed by atoms with van der Waals surface area (Å²) in [7, 11) is 2.54. The van der Waals surface area contributed by atoms with E-state index in [1.807, 2.05) is 0 Å². The molecule has 0 bridgehead atoms. The Morgan fingerprint density at radius 1 is 1.09 bits per heavy atom. The third-order valence-corrected chi connectivity index (χ3v) is 2.95. The molecule has 2 amide bonds. The number of carbonyl (C=O) groups excluding carboxylic acids is 3. The number of esters is 2. The van der Waals surface area contributed by atoms with Gasteiger partial charge >= 0.3 is 18.0 Å². The quantitative estimate of drug-likeness (QED) is 0.809. The molecule has 0 aliphatic carbocycles. The van der Waals surface area contributed by atoms with Crippen LogP contribution in [0, 0.1) is 5.92 Å². The first-order valence-corrected chi connectivity index (χ1v) is 6.72. The van der Waals surface area contributed by atoms with Gasteiger partial charge < -0.3 is 20.1 Å². The predicted molar refractivity (Wildman–Crippen MR) is 80.6 cm³/mol. The fourth-order valence-corrected chi connectivity index (χ4v) is 1.77. The highest BCUT2D eigenvalue weighted by molar-refractivity contribution is 5.95. The maximum Gasteiger partial charge on any atom is 0.337 e. The van der Waals surface area contributed by atoms with Gasteiger partial charge in [-0.05, 0) is 24.1 Å². The second kappa shape index (κ2) is 8.02. The molecule has 0 aliphatic heterocycles. The first kappa shape index (κ1) is 17.5. The number of carbonyl (C=O) groups is 3. The van der Waals surface area contributed by atoms with Gasteiger partial charge in [0, 0.05) is 5.69 Å². The Kier molecular flexibility index (Phi) is 6.37. The molecule has 1 unspecified atom stereocenters. The van der Waals surface area contributed by atoms with Gasteiger partial charge in [0.15, 0.2) is 0 Å². The lowest BCUT2D eigenvalue weighted by atomic mass is 10.1. The van der Waals surface area contributed by atoms with Crippen LogP contribution < -0.4 is 10.6 Å². The molecule has 120 valence electrons. The molecule has 0 heterocycles. The van der Waals surface area contributed by atoms with Gasteiger partial charge in [-0.1, -0.05) is 19.9 Å². The van der Waals surface area contributed by atoms with E-state index in [-0.39, 0.29) is 5.92 Å². The van der Waals surface area contributed by atoms with Crippen LogP contribution in [0.15, 0.2) is 24.3 Å². The molecule has 0 radical (unpaired) electrons. The number of anilines is 1. The number of benzene rings is 1. The van der Waals surface area contributed by atoms with Crippen LogP contribution in [0.2, 0.25) is 0 Å². The van der Waals surface area contributed by atoms with Crippen LogP contribution in [0.25, 0.3) is 0 Å². The Bertz CT molecular complexity index is 557. The molecule has 0 saturated carbocycles. The van der Waals surface area contributed by atoms with Gasteiger partial charge in [-0.15, -0.1) is 0 Å². The van der Waals surface area contributed by atoms with Crippen LogP contribution in [0.5, 0.6) is 0 Å². The molecule has 0 fully saturated rings. The van der Waals surface area contributed by atoms with Gasteiger partial charge in [0.25, 0.3) is 0 Å². The molecule has 7 heteroatoms. The second-order valence-corrected chi connectivity index (χ2v) is 4.92. The summed E-state index contributed by atoms with van der Waals surface area (Å²) in [4.78, 5) is 35.0. The topological polar surface area (TPSA) is 93.7 Å². The zero-order valence-corrected chi connectivity index (χ0v) is 13.0. The Morgan fingerprint density at radius 3 is 2.32 bits per heavy atom. The molecule has 0 aromatic heterocycles. The maximum atomic E-state index is 12.0. The van der Waals surface area contributed by atoms with Crippen LogP contribution in [-0.4, -0.2) is 38.2 Å². The van der Waals surface area contributed by atoms with E-state index in [1.54, 1.807) is 32.0 Å². The summed E-state index contributed by atoms with van der Waals surface area (Å²) in [6.45, 7) is 3.58. The van der Waals surface area contributed by atoms with Gasteiger partial charge in [-0.3, -0.25) is 0 Å². The van der Waals surface area contributed by atoms with Crippen molar-refractivity contribution in [2.24, 2.45) is 5.92 Å². The van der Waals surface area contributed by atoms with Crippen molar-refractivity contribution in [1.82, 2.24) is 5.32 Å².